The maximum Gasteiger partial charge on any atom is 0.257 e. The third-order valence-electron chi connectivity index (χ3n) is 5.91. The number of hydrogen-bond acceptors (Lipinski definition) is 5. The zero-order valence-corrected chi connectivity index (χ0v) is 15.7. The van der Waals surface area contributed by atoms with Gasteiger partial charge < -0.3 is 9.80 Å². The largest absolute Gasteiger partial charge is 0.342 e. The summed E-state index contributed by atoms with van der Waals surface area (Å²) in [5.41, 5.74) is 1.60. The number of nitrogens with one attached hydrogen (secondary N) is 1. The summed E-state index contributed by atoms with van der Waals surface area (Å²) < 4.78 is 0. The van der Waals surface area contributed by atoms with Crippen LogP contribution in [0.1, 0.15) is 43.9 Å². The summed E-state index contributed by atoms with van der Waals surface area (Å²) in [4.78, 5) is 39.1. The van der Waals surface area contributed by atoms with Gasteiger partial charge in [0.1, 0.15) is 0 Å². The first-order chi connectivity index (χ1) is 12.6. The number of likely N-dealkylation sites (tertiary alicyclic amines) is 1. The van der Waals surface area contributed by atoms with Crippen molar-refractivity contribution in [2.75, 3.05) is 44.2 Å². The molecular weight excluding hydrogens is 330 g/mol. The average Bonchev–Trinajstić information content (AvgIpc) is 3.17. The minimum Gasteiger partial charge on any atom is -0.342 e. The Morgan fingerprint density at radius 2 is 2.00 bits per heavy atom. The number of aromatic amines is 1. The Balaban J connectivity index is 1.42. The molecule has 4 heterocycles. The Hall–Kier alpha value is -1.89. The second-order valence-electron chi connectivity index (χ2n) is 8.06. The van der Waals surface area contributed by atoms with Gasteiger partial charge in [-0.1, -0.05) is 6.92 Å². The van der Waals surface area contributed by atoms with Crippen molar-refractivity contribution in [3.8, 4) is 0 Å². The first-order valence-electron chi connectivity index (χ1n) is 9.97. The molecule has 7 nitrogen and oxygen atoms in total. The quantitative estimate of drug-likeness (QED) is 0.871. The second-order valence-corrected chi connectivity index (χ2v) is 8.06. The molecule has 142 valence electrons. The van der Waals surface area contributed by atoms with Crippen LogP contribution in [0.15, 0.2) is 4.79 Å². The van der Waals surface area contributed by atoms with Crippen LogP contribution in [-0.2, 0) is 17.8 Å². The van der Waals surface area contributed by atoms with E-state index in [1.807, 2.05) is 4.90 Å². The first-order valence-corrected chi connectivity index (χ1v) is 9.97. The summed E-state index contributed by atoms with van der Waals surface area (Å²) in [6, 6.07) is 0. The molecule has 1 aromatic rings. The lowest BCUT2D eigenvalue weighted by Gasteiger charge is -2.34. The molecule has 0 aliphatic carbocycles. The average molecular weight is 359 g/mol. The molecule has 2 saturated heterocycles. The van der Waals surface area contributed by atoms with E-state index in [0.717, 1.165) is 75.6 Å². The van der Waals surface area contributed by atoms with E-state index >= 15 is 0 Å². The van der Waals surface area contributed by atoms with Crippen LogP contribution in [0.2, 0.25) is 0 Å². The summed E-state index contributed by atoms with van der Waals surface area (Å²) in [5, 5.41) is 0. The lowest BCUT2D eigenvalue weighted by atomic mass is 10.0. The van der Waals surface area contributed by atoms with Gasteiger partial charge in [-0.05, 0) is 31.6 Å². The van der Waals surface area contributed by atoms with Crippen molar-refractivity contribution in [1.29, 1.82) is 0 Å². The number of H-pyrrole nitrogens is 1. The lowest BCUT2D eigenvalue weighted by molar-refractivity contribution is -0.134. The number of hydrogen-bond donors (Lipinski definition) is 1. The van der Waals surface area contributed by atoms with Gasteiger partial charge in [-0.25, -0.2) is 4.98 Å². The fraction of sp³-hybridized carbons (Fsp3) is 0.737. The van der Waals surface area contributed by atoms with Crippen LogP contribution in [0.3, 0.4) is 0 Å². The number of amides is 1. The van der Waals surface area contributed by atoms with Crippen LogP contribution in [0, 0.1) is 5.92 Å². The summed E-state index contributed by atoms with van der Waals surface area (Å²) in [5.74, 6) is 1.50. The van der Waals surface area contributed by atoms with Gasteiger partial charge in [0.25, 0.3) is 5.56 Å². The fourth-order valence-electron chi connectivity index (χ4n) is 4.39. The summed E-state index contributed by atoms with van der Waals surface area (Å²) in [7, 11) is 0. The second kappa shape index (κ2) is 7.39. The highest BCUT2D eigenvalue weighted by Crippen LogP contribution is 2.20. The molecule has 0 aromatic carbocycles. The van der Waals surface area contributed by atoms with E-state index in [9.17, 15) is 9.59 Å². The van der Waals surface area contributed by atoms with Crippen molar-refractivity contribution in [2.24, 2.45) is 5.92 Å². The van der Waals surface area contributed by atoms with E-state index in [2.05, 4.69) is 21.7 Å². The molecular formula is C19H29N5O2. The van der Waals surface area contributed by atoms with Gasteiger partial charge in [0, 0.05) is 45.7 Å². The third-order valence-corrected chi connectivity index (χ3v) is 5.91. The molecule has 1 N–H and O–H groups in total. The van der Waals surface area contributed by atoms with Crippen LogP contribution in [0.5, 0.6) is 0 Å². The van der Waals surface area contributed by atoms with Crippen molar-refractivity contribution in [2.45, 2.75) is 45.6 Å². The highest BCUT2D eigenvalue weighted by Gasteiger charge is 2.27. The Morgan fingerprint density at radius 3 is 2.77 bits per heavy atom. The van der Waals surface area contributed by atoms with Crippen molar-refractivity contribution >= 4 is 11.9 Å². The molecule has 1 atom stereocenters. The number of aromatic nitrogens is 2. The molecule has 7 heteroatoms. The minimum absolute atomic E-state index is 0.0411. The van der Waals surface area contributed by atoms with Crippen molar-refractivity contribution in [3.63, 3.8) is 0 Å². The smallest absolute Gasteiger partial charge is 0.257 e. The van der Waals surface area contributed by atoms with Crippen molar-refractivity contribution < 1.29 is 4.79 Å². The maximum atomic E-state index is 12.6. The molecule has 26 heavy (non-hydrogen) atoms. The highest BCUT2D eigenvalue weighted by molar-refractivity contribution is 5.78. The fourth-order valence-corrected chi connectivity index (χ4v) is 4.39. The van der Waals surface area contributed by atoms with Crippen LogP contribution in [-0.4, -0.2) is 64.9 Å². The van der Waals surface area contributed by atoms with E-state index in [1.165, 1.54) is 6.42 Å². The molecule has 0 saturated carbocycles. The van der Waals surface area contributed by atoms with Crippen molar-refractivity contribution in [1.82, 2.24) is 19.8 Å². The number of rotatable bonds is 3. The summed E-state index contributed by atoms with van der Waals surface area (Å²) >= 11 is 0. The summed E-state index contributed by atoms with van der Waals surface area (Å²) in [6.45, 7) is 7.59. The van der Waals surface area contributed by atoms with E-state index in [0.29, 0.717) is 19.0 Å². The third kappa shape index (κ3) is 3.63. The minimum atomic E-state index is -0.0411. The standard InChI is InChI=1S/C19H29N5O2/c1-14-5-4-9-24(11-14)17(25)13-22-10-6-16-15(12-22)18(26)21-19(20-16)23-7-2-3-8-23/h14H,2-13H2,1H3,(H,20,21,26). The maximum absolute atomic E-state index is 12.6. The number of anilines is 1. The summed E-state index contributed by atoms with van der Waals surface area (Å²) in [6.07, 6.45) is 5.36. The molecule has 4 rings (SSSR count). The van der Waals surface area contributed by atoms with E-state index in [1.54, 1.807) is 0 Å². The zero-order valence-electron chi connectivity index (χ0n) is 15.7. The molecule has 0 bridgehead atoms. The molecule has 0 spiro atoms. The molecule has 1 aromatic heterocycles. The predicted molar refractivity (Wildman–Crippen MR) is 100 cm³/mol. The van der Waals surface area contributed by atoms with E-state index in [4.69, 9.17) is 4.98 Å². The Bertz CT molecular complexity index is 725. The van der Waals surface area contributed by atoms with Gasteiger partial charge in [0.05, 0.1) is 17.8 Å². The van der Waals surface area contributed by atoms with Gasteiger partial charge >= 0.3 is 0 Å². The van der Waals surface area contributed by atoms with Crippen LogP contribution >= 0.6 is 0 Å². The monoisotopic (exact) mass is 359 g/mol. The van der Waals surface area contributed by atoms with Crippen LogP contribution < -0.4 is 10.5 Å². The molecule has 2 fully saturated rings. The molecule has 1 amide bonds. The van der Waals surface area contributed by atoms with Gasteiger partial charge in [0.2, 0.25) is 11.9 Å². The zero-order chi connectivity index (χ0) is 18.1. The van der Waals surface area contributed by atoms with Crippen LogP contribution in [0.4, 0.5) is 5.95 Å². The predicted octanol–water partition coefficient (Wildman–Crippen LogP) is 0.987. The molecule has 3 aliphatic heterocycles. The molecule has 3 aliphatic rings. The Morgan fingerprint density at radius 1 is 1.19 bits per heavy atom. The van der Waals surface area contributed by atoms with Crippen molar-refractivity contribution in [3.05, 3.63) is 21.6 Å². The van der Waals surface area contributed by atoms with Crippen LogP contribution in [0.25, 0.3) is 0 Å². The SMILES string of the molecule is CC1CCCN(C(=O)CN2CCc3nc(N4CCCC4)[nH]c(=O)c3C2)C1. The van der Waals surface area contributed by atoms with Gasteiger partial charge in [-0.15, -0.1) is 0 Å². The lowest BCUT2D eigenvalue weighted by Crippen LogP contribution is -2.46. The highest BCUT2D eigenvalue weighted by atomic mass is 16.2. The van der Waals surface area contributed by atoms with Gasteiger partial charge in [-0.3, -0.25) is 19.5 Å². The Kier molecular flexibility index (Phi) is 4.98. The Labute approximate surface area is 154 Å². The normalized spacial score (nSPS) is 24.0. The topological polar surface area (TPSA) is 72.5 Å². The molecule has 0 radical (unpaired) electrons. The molecule has 1 unspecified atom stereocenters. The van der Waals surface area contributed by atoms with Gasteiger partial charge in [0.15, 0.2) is 0 Å². The van der Waals surface area contributed by atoms with E-state index < -0.39 is 0 Å². The number of carbonyl (C=O) groups excluding carboxylic acids is 1. The number of carbonyl (C=O) groups is 1. The number of piperidine rings is 1. The first kappa shape index (κ1) is 17.5. The van der Waals surface area contributed by atoms with Gasteiger partial charge in [-0.2, -0.15) is 0 Å². The van der Waals surface area contributed by atoms with E-state index in [-0.39, 0.29) is 11.5 Å². The number of nitrogens with zero attached hydrogens (tertiary/aromatic N) is 4. The number of fused-ring (bicyclic) bond motifs is 1.